The van der Waals surface area contributed by atoms with E-state index in [0.717, 1.165) is 6.08 Å². The third-order valence-electron chi connectivity index (χ3n) is 1.26. The van der Waals surface area contributed by atoms with E-state index in [1.165, 1.54) is 0 Å². The predicted octanol–water partition coefficient (Wildman–Crippen LogP) is 3.61. The van der Waals surface area contributed by atoms with Crippen molar-refractivity contribution < 1.29 is 13.2 Å². The van der Waals surface area contributed by atoms with Crippen LogP contribution in [0.15, 0.2) is 34.9 Å². The molecule has 0 aliphatic carbocycles. The third kappa shape index (κ3) is 2.85. The summed E-state index contributed by atoms with van der Waals surface area (Å²) in [5.41, 5.74) is -0.556. The Hall–Kier alpha value is -0.510. The average molecular weight is 241 g/mol. The maximum atomic E-state index is 12.2. The van der Waals surface area contributed by atoms with Crippen LogP contribution in [0.25, 0.3) is 0 Å². The van der Waals surface area contributed by atoms with E-state index in [4.69, 9.17) is 0 Å². The van der Waals surface area contributed by atoms with E-state index in [-0.39, 0.29) is 10.1 Å². The first-order chi connectivity index (χ1) is 5.54. The molecule has 0 N–H and O–H groups in total. The molecule has 0 aromatic carbocycles. The van der Waals surface area contributed by atoms with Gasteiger partial charge in [-0.25, -0.2) is 13.2 Å². The zero-order valence-electron chi connectivity index (χ0n) is 6.29. The zero-order valence-corrected chi connectivity index (χ0v) is 7.87. The molecule has 12 heavy (non-hydrogen) atoms. The fraction of sp³-hybridized carbons (Fsp3) is 0.250. The van der Waals surface area contributed by atoms with Gasteiger partial charge in [0.1, 0.15) is 6.67 Å². The van der Waals surface area contributed by atoms with Crippen molar-refractivity contribution >= 4 is 15.9 Å². The van der Waals surface area contributed by atoms with Crippen molar-refractivity contribution in [1.82, 2.24) is 0 Å². The van der Waals surface area contributed by atoms with Crippen molar-refractivity contribution in [3.8, 4) is 0 Å². The smallest absolute Gasteiger partial charge is 0.246 e. The molecule has 0 aliphatic rings. The molecule has 0 heterocycles. The maximum absolute atomic E-state index is 12.2. The highest BCUT2D eigenvalue weighted by atomic mass is 79.9. The first kappa shape index (κ1) is 11.5. The van der Waals surface area contributed by atoms with Crippen molar-refractivity contribution in [3.05, 3.63) is 34.9 Å². The quantitative estimate of drug-likeness (QED) is 0.659. The third-order valence-corrected chi connectivity index (χ3v) is 1.74. The van der Waals surface area contributed by atoms with Crippen LogP contribution in [0.4, 0.5) is 13.2 Å². The van der Waals surface area contributed by atoms with Gasteiger partial charge in [0, 0.05) is 15.6 Å². The van der Waals surface area contributed by atoms with Gasteiger partial charge in [0.05, 0.1) is 0 Å². The molecule has 0 atom stereocenters. The van der Waals surface area contributed by atoms with Crippen molar-refractivity contribution in [2.45, 2.75) is 6.43 Å². The Labute approximate surface area is 77.6 Å². The molecule has 0 aromatic heterocycles. The summed E-state index contributed by atoms with van der Waals surface area (Å²) < 4.78 is 36.6. The molecule has 0 saturated carbocycles. The number of rotatable bonds is 4. The minimum Gasteiger partial charge on any atom is -0.246 e. The largest absolute Gasteiger partial charge is 0.264 e. The standard InChI is InChI=1S/C8H8BrF3/c1-3-6(8(11)12)7(4-10)5(2)9/h3,8H,1-2,4H2/b7-6+. The number of hydrogen-bond acceptors (Lipinski definition) is 0. The second-order valence-corrected chi connectivity index (χ2v) is 2.93. The first-order valence-electron chi connectivity index (χ1n) is 3.09. The molecule has 0 aromatic rings. The van der Waals surface area contributed by atoms with Crippen molar-refractivity contribution in [2.24, 2.45) is 0 Å². The van der Waals surface area contributed by atoms with Gasteiger partial charge in [-0.1, -0.05) is 35.2 Å². The average Bonchev–Trinajstić information content (AvgIpc) is 1.98. The fourth-order valence-electron chi connectivity index (χ4n) is 0.650. The fourth-order valence-corrected chi connectivity index (χ4v) is 0.985. The molecule has 4 heteroatoms. The summed E-state index contributed by atoms with van der Waals surface area (Å²) in [4.78, 5) is 0. The van der Waals surface area contributed by atoms with E-state index in [1.807, 2.05) is 0 Å². The SMILES string of the molecule is C=C/C(=C(/CF)C(=C)Br)C(F)F. The lowest BCUT2D eigenvalue weighted by Crippen LogP contribution is -2.00. The Bertz CT molecular complexity index is 218. The van der Waals surface area contributed by atoms with E-state index in [9.17, 15) is 13.2 Å². The van der Waals surface area contributed by atoms with Crippen LogP contribution in [-0.4, -0.2) is 13.1 Å². The monoisotopic (exact) mass is 240 g/mol. The van der Waals surface area contributed by atoms with Crippen LogP contribution in [0, 0.1) is 0 Å². The summed E-state index contributed by atoms with van der Waals surface area (Å²) >= 11 is 2.84. The van der Waals surface area contributed by atoms with Crippen LogP contribution in [0.2, 0.25) is 0 Å². The maximum Gasteiger partial charge on any atom is 0.264 e. The van der Waals surface area contributed by atoms with Crippen LogP contribution in [0.1, 0.15) is 0 Å². The minimum absolute atomic E-state index is 0.125. The summed E-state index contributed by atoms with van der Waals surface area (Å²) in [6.07, 6.45) is -1.78. The van der Waals surface area contributed by atoms with Gasteiger partial charge < -0.3 is 0 Å². The molecule has 0 fully saturated rings. The Morgan fingerprint density at radius 1 is 1.50 bits per heavy atom. The second-order valence-electron chi connectivity index (χ2n) is 1.98. The van der Waals surface area contributed by atoms with Gasteiger partial charge in [0.2, 0.25) is 0 Å². The molecule has 0 radical (unpaired) electrons. The summed E-state index contributed by atoms with van der Waals surface area (Å²) in [7, 11) is 0. The van der Waals surface area contributed by atoms with Crippen molar-refractivity contribution in [2.75, 3.05) is 6.67 Å². The molecule has 0 nitrogen and oxygen atoms in total. The van der Waals surface area contributed by atoms with Gasteiger partial charge >= 0.3 is 0 Å². The predicted molar refractivity (Wildman–Crippen MR) is 47.3 cm³/mol. The highest BCUT2D eigenvalue weighted by Crippen LogP contribution is 2.24. The van der Waals surface area contributed by atoms with E-state index >= 15 is 0 Å². The zero-order chi connectivity index (χ0) is 9.72. The number of hydrogen-bond donors (Lipinski definition) is 0. The highest BCUT2D eigenvalue weighted by molar-refractivity contribution is 9.11. The number of alkyl halides is 3. The molecule has 0 spiro atoms. The van der Waals surface area contributed by atoms with Crippen LogP contribution >= 0.6 is 15.9 Å². The van der Waals surface area contributed by atoms with Crippen LogP contribution in [0.3, 0.4) is 0 Å². The van der Waals surface area contributed by atoms with Gasteiger partial charge in [0.25, 0.3) is 6.43 Å². The number of allylic oxidation sites excluding steroid dienone is 4. The number of halogens is 4. The normalized spacial score (nSPS) is 12.8. The molecule has 0 aliphatic heterocycles. The van der Waals surface area contributed by atoms with E-state index in [0.29, 0.717) is 0 Å². The van der Waals surface area contributed by atoms with Crippen molar-refractivity contribution in [1.29, 1.82) is 0 Å². The van der Waals surface area contributed by atoms with Gasteiger partial charge in [-0.05, 0) is 0 Å². The summed E-state index contributed by atoms with van der Waals surface area (Å²) in [5.74, 6) is 0. The van der Waals surface area contributed by atoms with Crippen LogP contribution < -0.4 is 0 Å². The van der Waals surface area contributed by atoms with Gasteiger partial charge in [-0.2, -0.15) is 0 Å². The highest BCUT2D eigenvalue weighted by Gasteiger charge is 2.14. The first-order valence-corrected chi connectivity index (χ1v) is 3.88. The summed E-state index contributed by atoms with van der Waals surface area (Å²) in [6.45, 7) is 5.51. The molecule has 0 amide bonds. The van der Waals surface area contributed by atoms with Crippen LogP contribution in [0.5, 0.6) is 0 Å². The van der Waals surface area contributed by atoms with E-state index < -0.39 is 18.7 Å². The van der Waals surface area contributed by atoms with E-state index in [1.54, 1.807) is 0 Å². The lowest BCUT2D eigenvalue weighted by atomic mass is 10.1. The summed E-state index contributed by atoms with van der Waals surface area (Å²) in [6, 6.07) is 0. The minimum atomic E-state index is -2.72. The van der Waals surface area contributed by atoms with E-state index in [2.05, 4.69) is 29.1 Å². The molecule has 0 rings (SSSR count). The molecule has 0 unspecified atom stereocenters. The van der Waals surface area contributed by atoms with Crippen LogP contribution in [-0.2, 0) is 0 Å². The topological polar surface area (TPSA) is 0 Å². The Balaban J connectivity index is 5.01. The molecular weight excluding hydrogens is 233 g/mol. The lowest BCUT2D eigenvalue weighted by Gasteiger charge is -2.06. The molecule has 0 bridgehead atoms. The van der Waals surface area contributed by atoms with Crippen molar-refractivity contribution in [3.63, 3.8) is 0 Å². The molecule has 68 valence electrons. The van der Waals surface area contributed by atoms with Gasteiger partial charge in [-0.15, -0.1) is 0 Å². The van der Waals surface area contributed by atoms with Gasteiger partial charge in [-0.3, -0.25) is 0 Å². The molecular formula is C8H8BrF3. The second kappa shape index (κ2) is 5.19. The Morgan fingerprint density at radius 3 is 2.08 bits per heavy atom. The Kier molecular flexibility index (Phi) is 4.97. The van der Waals surface area contributed by atoms with Gasteiger partial charge in [0.15, 0.2) is 0 Å². The Morgan fingerprint density at radius 2 is 2.00 bits per heavy atom. The molecule has 0 saturated heterocycles. The lowest BCUT2D eigenvalue weighted by molar-refractivity contribution is 0.192. The summed E-state index contributed by atoms with van der Waals surface area (Å²) in [5, 5.41) is 0.